The third-order valence-electron chi connectivity index (χ3n) is 4.58. The van der Waals surface area contributed by atoms with E-state index in [1.165, 1.54) is 13.1 Å². The molecule has 29 heavy (non-hydrogen) atoms. The lowest BCUT2D eigenvalue weighted by Crippen LogP contribution is -2.25. The van der Waals surface area contributed by atoms with Crippen molar-refractivity contribution in [1.82, 2.24) is 10.0 Å². The highest BCUT2D eigenvalue weighted by Crippen LogP contribution is 2.21. The van der Waals surface area contributed by atoms with E-state index in [9.17, 15) is 18.0 Å². The number of carbonyl (C=O) groups is 2. The Morgan fingerprint density at radius 3 is 2.45 bits per heavy atom. The monoisotopic (exact) mass is 417 g/mol. The second-order valence-electron chi connectivity index (χ2n) is 6.81. The van der Waals surface area contributed by atoms with E-state index < -0.39 is 10.0 Å². The number of rotatable bonds is 8. The average Bonchev–Trinajstić information content (AvgIpc) is 2.68. The van der Waals surface area contributed by atoms with Crippen LogP contribution in [0.25, 0.3) is 0 Å². The van der Waals surface area contributed by atoms with E-state index >= 15 is 0 Å². The standard InChI is InChI=1S/C21H27N3O4S/c1-5-7-20(25)24-18-9-6-8-16(11-18)13-23-21(26)17-10-14(2)15(3)19(12-17)29(27,28)22-4/h6,8-12,22H,5,7,13H2,1-4H3,(H,23,26)(H,24,25). The van der Waals surface area contributed by atoms with Crippen molar-refractivity contribution in [3.05, 3.63) is 58.7 Å². The Kier molecular flexibility index (Phi) is 7.53. The molecule has 2 rings (SSSR count). The second kappa shape index (κ2) is 9.67. The number of hydrogen-bond acceptors (Lipinski definition) is 4. The first-order valence-electron chi connectivity index (χ1n) is 9.39. The van der Waals surface area contributed by atoms with Crippen LogP contribution in [-0.2, 0) is 21.4 Å². The average molecular weight is 418 g/mol. The van der Waals surface area contributed by atoms with Crippen molar-refractivity contribution in [3.63, 3.8) is 0 Å². The van der Waals surface area contributed by atoms with Crippen LogP contribution in [0.15, 0.2) is 41.3 Å². The van der Waals surface area contributed by atoms with Crippen molar-refractivity contribution >= 4 is 27.5 Å². The molecule has 2 aromatic rings. The van der Waals surface area contributed by atoms with Crippen LogP contribution >= 0.6 is 0 Å². The number of nitrogens with one attached hydrogen (secondary N) is 3. The van der Waals surface area contributed by atoms with Crippen LogP contribution in [0, 0.1) is 13.8 Å². The molecule has 3 N–H and O–H groups in total. The lowest BCUT2D eigenvalue weighted by atomic mass is 10.1. The van der Waals surface area contributed by atoms with Crippen molar-refractivity contribution in [2.75, 3.05) is 12.4 Å². The van der Waals surface area contributed by atoms with Gasteiger partial charge in [0.1, 0.15) is 0 Å². The van der Waals surface area contributed by atoms with Crippen molar-refractivity contribution in [2.24, 2.45) is 0 Å². The van der Waals surface area contributed by atoms with Gasteiger partial charge >= 0.3 is 0 Å². The van der Waals surface area contributed by atoms with Gasteiger partial charge < -0.3 is 10.6 Å². The Bertz CT molecular complexity index is 1020. The van der Waals surface area contributed by atoms with Crippen LogP contribution in [0.2, 0.25) is 0 Å². The summed E-state index contributed by atoms with van der Waals surface area (Å²) in [6.07, 6.45) is 1.22. The van der Waals surface area contributed by atoms with E-state index in [-0.39, 0.29) is 28.8 Å². The number of benzene rings is 2. The summed E-state index contributed by atoms with van der Waals surface area (Å²) in [5, 5.41) is 5.62. The molecule has 0 saturated heterocycles. The summed E-state index contributed by atoms with van der Waals surface area (Å²) < 4.78 is 26.7. The normalized spacial score (nSPS) is 11.2. The number of aryl methyl sites for hydroxylation is 1. The molecule has 0 aliphatic rings. The van der Waals surface area contributed by atoms with Gasteiger partial charge in [-0.05, 0) is 68.3 Å². The Morgan fingerprint density at radius 2 is 1.79 bits per heavy atom. The molecule has 156 valence electrons. The van der Waals surface area contributed by atoms with E-state index in [2.05, 4.69) is 15.4 Å². The van der Waals surface area contributed by atoms with E-state index in [0.717, 1.165) is 12.0 Å². The zero-order valence-electron chi connectivity index (χ0n) is 17.1. The Morgan fingerprint density at radius 1 is 1.07 bits per heavy atom. The fourth-order valence-electron chi connectivity index (χ4n) is 2.84. The summed E-state index contributed by atoms with van der Waals surface area (Å²) in [6, 6.07) is 10.3. The molecule has 0 aromatic heterocycles. The largest absolute Gasteiger partial charge is 0.348 e. The quantitative estimate of drug-likeness (QED) is 0.614. The number of hydrogen-bond donors (Lipinski definition) is 3. The summed E-state index contributed by atoms with van der Waals surface area (Å²) in [4.78, 5) is 24.4. The summed E-state index contributed by atoms with van der Waals surface area (Å²) in [5.74, 6) is -0.428. The van der Waals surface area contributed by atoms with Gasteiger partial charge in [-0.3, -0.25) is 9.59 Å². The molecule has 0 aliphatic carbocycles. The maximum absolute atomic E-state index is 12.6. The van der Waals surface area contributed by atoms with Gasteiger partial charge in [0.15, 0.2) is 0 Å². The SMILES string of the molecule is CCCC(=O)Nc1cccc(CNC(=O)c2cc(C)c(C)c(S(=O)(=O)NC)c2)c1. The van der Waals surface area contributed by atoms with Crippen molar-refractivity contribution in [2.45, 2.75) is 45.1 Å². The zero-order valence-corrected chi connectivity index (χ0v) is 17.9. The van der Waals surface area contributed by atoms with Gasteiger partial charge in [0.05, 0.1) is 4.90 Å². The Balaban J connectivity index is 2.15. The van der Waals surface area contributed by atoms with Gasteiger partial charge in [-0.1, -0.05) is 19.1 Å². The van der Waals surface area contributed by atoms with E-state index in [4.69, 9.17) is 0 Å². The lowest BCUT2D eigenvalue weighted by molar-refractivity contribution is -0.116. The predicted octanol–water partition coefficient (Wildman–Crippen LogP) is 2.88. The van der Waals surface area contributed by atoms with E-state index in [1.807, 2.05) is 13.0 Å². The molecule has 2 amide bonds. The highest BCUT2D eigenvalue weighted by Gasteiger charge is 2.19. The third-order valence-corrected chi connectivity index (χ3v) is 6.12. The molecule has 0 saturated carbocycles. The summed E-state index contributed by atoms with van der Waals surface area (Å²) in [7, 11) is -2.33. The molecule has 0 spiro atoms. The van der Waals surface area contributed by atoms with Crippen LogP contribution in [0.1, 0.15) is 46.8 Å². The smallest absolute Gasteiger partial charge is 0.251 e. The van der Waals surface area contributed by atoms with Gasteiger partial charge in [0.25, 0.3) is 5.91 Å². The van der Waals surface area contributed by atoms with Crippen LogP contribution in [0.5, 0.6) is 0 Å². The molecular formula is C21H27N3O4S. The van der Waals surface area contributed by atoms with Gasteiger partial charge in [-0.25, -0.2) is 13.1 Å². The molecule has 0 aliphatic heterocycles. The molecule has 2 aromatic carbocycles. The molecule has 8 heteroatoms. The minimum absolute atomic E-state index is 0.0536. The Hall–Kier alpha value is -2.71. The lowest BCUT2D eigenvalue weighted by Gasteiger charge is -2.13. The first kappa shape index (κ1) is 22.6. The van der Waals surface area contributed by atoms with Gasteiger partial charge in [-0.15, -0.1) is 0 Å². The topological polar surface area (TPSA) is 104 Å². The number of anilines is 1. The zero-order chi connectivity index (χ0) is 21.6. The van der Waals surface area contributed by atoms with Crippen LogP contribution in [0.4, 0.5) is 5.69 Å². The maximum Gasteiger partial charge on any atom is 0.251 e. The molecule has 7 nitrogen and oxygen atoms in total. The number of sulfonamides is 1. The minimum atomic E-state index is -3.67. The number of amides is 2. The summed E-state index contributed by atoms with van der Waals surface area (Å²) in [6.45, 7) is 5.66. The molecule has 0 radical (unpaired) electrons. The minimum Gasteiger partial charge on any atom is -0.348 e. The third kappa shape index (κ3) is 5.88. The van der Waals surface area contributed by atoms with Gasteiger partial charge in [0.2, 0.25) is 15.9 Å². The molecule has 0 fully saturated rings. The maximum atomic E-state index is 12.6. The van der Waals surface area contributed by atoms with E-state index in [0.29, 0.717) is 23.2 Å². The summed E-state index contributed by atoms with van der Waals surface area (Å²) in [5.41, 5.74) is 3.08. The van der Waals surface area contributed by atoms with Gasteiger partial charge in [-0.2, -0.15) is 0 Å². The van der Waals surface area contributed by atoms with E-state index in [1.54, 1.807) is 38.1 Å². The first-order chi connectivity index (χ1) is 13.7. The highest BCUT2D eigenvalue weighted by molar-refractivity contribution is 7.89. The van der Waals surface area contributed by atoms with Crippen molar-refractivity contribution in [1.29, 1.82) is 0 Å². The molecule has 0 heterocycles. The fraction of sp³-hybridized carbons (Fsp3) is 0.333. The first-order valence-corrected chi connectivity index (χ1v) is 10.9. The van der Waals surface area contributed by atoms with Crippen LogP contribution in [0.3, 0.4) is 0 Å². The summed E-state index contributed by atoms with van der Waals surface area (Å²) >= 11 is 0. The highest BCUT2D eigenvalue weighted by atomic mass is 32.2. The van der Waals surface area contributed by atoms with Crippen molar-refractivity contribution in [3.8, 4) is 0 Å². The molecular weight excluding hydrogens is 390 g/mol. The molecule has 0 atom stereocenters. The molecule has 0 unspecified atom stereocenters. The second-order valence-corrected chi connectivity index (χ2v) is 8.66. The predicted molar refractivity (Wildman–Crippen MR) is 113 cm³/mol. The molecule has 0 bridgehead atoms. The number of carbonyl (C=O) groups excluding carboxylic acids is 2. The van der Waals surface area contributed by atoms with Crippen LogP contribution < -0.4 is 15.4 Å². The van der Waals surface area contributed by atoms with Crippen LogP contribution in [-0.4, -0.2) is 27.3 Å². The van der Waals surface area contributed by atoms with Gasteiger partial charge in [0, 0.05) is 24.2 Å². The van der Waals surface area contributed by atoms with Crippen molar-refractivity contribution < 1.29 is 18.0 Å². The fourth-order valence-corrected chi connectivity index (χ4v) is 3.91. The Labute approximate surface area is 172 Å².